The highest BCUT2D eigenvalue weighted by Crippen LogP contribution is 2.30. The average molecular weight is 222 g/mol. The third kappa shape index (κ3) is 2.54. The minimum Gasteiger partial charge on any atom is -0.496 e. The molecule has 0 radical (unpaired) electrons. The second-order valence-electron chi connectivity index (χ2n) is 4.45. The van der Waals surface area contributed by atoms with Crippen LogP contribution in [0.3, 0.4) is 0 Å². The van der Waals surface area contributed by atoms with Crippen molar-refractivity contribution in [1.29, 1.82) is 0 Å². The van der Waals surface area contributed by atoms with E-state index in [2.05, 4.69) is 26.8 Å². The molecule has 1 aromatic carbocycles. The van der Waals surface area contributed by atoms with Gasteiger partial charge in [-0.05, 0) is 36.1 Å². The summed E-state index contributed by atoms with van der Waals surface area (Å²) in [6.07, 6.45) is 0. The summed E-state index contributed by atoms with van der Waals surface area (Å²) in [4.78, 5) is 0. The smallest absolute Gasteiger partial charge is 0.123 e. The molecule has 0 spiro atoms. The first-order valence-corrected chi connectivity index (χ1v) is 5.65. The quantitative estimate of drug-likeness (QED) is 0.820. The molecule has 1 rings (SSSR count). The van der Waals surface area contributed by atoms with E-state index < -0.39 is 0 Å². The first-order chi connectivity index (χ1) is 7.51. The second-order valence-corrected chi connectivity index (χ2v) is 4.45. The van der Waals surface area contributed by atoms with Crippen molar-refractivity contribution in [2.24, 2.45) is 11.5 Å². The molecule has 3 heteroatoms. The molecule has 0 aliphatic rings. The molecule has 16 heavy (non-hydrogen) atoms. The molecule has 4 N–H and O–H groups in total. The van der Waals surface area contributed by atoms with Gasteiger partial charge in [0.15, 0.2) is 0 Å². The largest absolute Gasteiger partial charge is 0.496 e. The Balaban J connectivity index is 3.28. The fourth-order valence-corrected chi connectivity index (χ4v) is 1.93. The van der Waals surface area contributed by atoms with E-state index >= 15 is 0 Å². The van der Waals surface area contributed by atoms with Gasteiger partial charge < -0.3 is 16.2 Å². The van der Waals surface area contributed by atoms with Crippen molar-refractivity contribution in [3.05, 3.63) is 28.8 Å². The van der Waals surface area contributed by atoms with Crippen molar-refractivity contribution in [1.82, 2.24) is 0 Å². The van der Waals surface area contributed by atoms with E-state index in [-0.39, 0.29) is 6.04 Å². The van der Waals surface area contributed by atoms with Gasteiger partial charge in [-0.1, -0.05) is 13.8 Å². The number of nitrogens with two attached hydrogens (primary N) is 2. The van der Waals surface area contributed by atoms with E-state index in [0.717, 1.165) is 11.3 Å². The first kappa shape index (κ1) is 13.0. The van der Waals surface area contributed by atoms with Gasteiger partial charge in [0, 0.05) is 18.2 Å². The summed E-state index contributed by atoms with van der Waals surface area (Å²) in [6, 6.07) is 4.00. The molecule has 0 fully saturated rings. The zero-order valence-electron chi connectivity index (χ0n) is 10.6. The van der Waals surface area contributed by atoms with Crippen LogP contribution in [0, 0.1) is 6.92 Å². The van der Waals surface area contributed by atoms with Gasteiger partial charge in [-0.3, -0.25) is 0 Å². The number of aryl methyl sites for hydroxylation is 1. The minimum atomic E-state index is -0.159. The summed E-state index contributed by atoms with van der Waals surface area (Å²) in [5, 5.41) is 0. The van der Waals surface area contributed by atoms with Gasteiger partial charge in [-0.15, -0.1) is 0 Å². The highest BCUT2D eigenvalue weighted by Gasteiger charge is 2.14. The molecule has 0 saturated heterocycles. The Bertz CT molecular complexity index is 361. The molecule has 0 aromatic heterocycles. The molecule has 1 atom stereocenters. The van der Waals surface area contributed by atoms with Crippen LogP contribution in [0.1, 0.15) is 42.5 Å². The summed E-state index contributed by atoms with van der Waals surface area (Å²) in [5.74, 6) is 1.31. The van der Waals surface area contributed by atoms with Crippen molar-refractivity contribution in [2.75, 3.05) is 13.7 Å². The van der Waals surface area contributed by atoms with Crippen LogP contribution in [0.2, 0.25) is 0 Å². The lowest BCUT2D eigenvalue weighted by molar-refractivity contribution is 0.405. The maximum atomic E-state index is 5.98. The number of rotatable bonds is 4. The number of benzene rings is 1. The number of hydrogen-bond acceptors (Lipinski definition) is 3. The molecular weight excluding hydrogens is 200 g/mol. The molecule has 0 saturated carbocycles. The standard InChI is InChI=1S/C13H22N2O/c1-8(2)10-6-11(12(15)7-14)13(16-4)5-9(10)3/h5-6,8,12H,7,14-15H2,1-4H3. The predicted molar refractivity (Wildman–Crippen MR) is 67.8 cm³/mol. The second kappa shape index (κ2) is 5.32. The molecule has 0 bridgehead atoms. The number of methoxy groups -OCH3 is 1. The molecule has 0 aliphatic carbocycles. The van der Waals surface area contributed by atoms with Crippen LogP contribution in [0.25, 0.3) is 0 Å². The maximum absolute atomic E-state index is 5.98. The normalized spacial score (nSPS) is 12.9. The zero-order chi connectivity index (χ0) is 12.3. The third-order valence-corrected chi connectivity index (χ3v) is 2.89. The topological polar surface area (TPSA) is 61.3 Å². The molecule has 3 nitrogen and oxygen atoms in total. The molecule has 0 aliphatic heterocycles. The van der Waals surface area contributed by atoms with Gasteiger partial charge in [0.05, 0.1) is 7.11 Å². The van der Waals surface area contributed by atoms with Gasteiger partial charge in [0.25, 0.3) is 0 Å². The number of ether oxygens (including phenoxy) is 1. The Kier molecular flexibility index (Phi) is 4.33. The van der Waals surface area contributed by atoms with Crippen molar-refractivity contribution in [2.45, 2.75) is 32.7 Å². The Morgan fingerprint density at radius 3 is 2.31 bits per heavy atom. The minimum absolute atomic E-state index is 0.159. The lowest BCUT2D eigenvalue weighted by Gasteiger charge is -2.19. The summed E-state index contributed by atoms with van der Waals surface area (Å²) in [6.45, 7) is 6.87. The van der Waals surface area contributed by atoms with Gasteiger partial charge in [0.1, 0.15) is 5.75 Å². The van der Waals surface area contributed by atoms with E-state index in [1.165, 1.54) is 11.1 Å². The van der Waals surface area contributed by atoms with Gasteiger partial charge in [-0.2, -0.15) is 0 Å². The van der Waals surface area contributed by atoms with E-state index in [1.54, 1.807) is 7.11 Å². The Morgan fingerprint density at radius 2 is 1.88 bits per heavy atom. The van der Waals surface area contributed by atoms with Crippen LogP contribution in [-0.2, 0) is 0 Å². The van der Waals surface area contributed by atoms with Gasteiger partial charge in [0.2, 0.25) is 0 Å². The van der Waals surface area contributed by atoms with Gasteiger partial charge in [-0.25, -0.2) is 0 Å². The monoisotopic (exact) mass is 222 g/mol. The average Bonchev–Trinajstić information content (AvgIpc) is 2.27. The summed E-state index contributed by atoms with van der Waals surface area (Å²) in [5.41, 5.74) is 15.1. The molecule has 0 heterocycles. The summed E-state index contributed by atoms with van der Waals surface area (Å²) >= 11 is 0. The summed E-state index contributed by atoms with van der Waals surface area (Å²) < 4.78 is 5.35. The number of hydrogen-bond donors (Lipinski definition) is 2. The zero-order valence-corrected chi connectivity index (χ0v) is 10.6. The lowest BCUT2D eigenvalue weighted by Crippen LogP contribution is -2.21. The molecule has 0 amide bonds. The van der Waals surface area contributed by atoms with E-state index in [1.807, 2.05) is 6.07 Å². The predicted octanol–water partition coefficient (Wildman–Crippen LogP) is 2.09. The van der Waals surface area contributed by atoms with Crippen LogP contribution < -0.4 is 16.2 Å². The van der Waals surface area contributed by atoms with Crippen molar-refractivity contribution < 1.29 is 4.74 Å². The van der Waals surface area contributed by atoms with E-state index in [4.69, 9.17) is 16.2 Å². The molecule has 1 unspecified atom stereocenters. The van der Waals surface area contributed by atoms with E-state index in [0.29, 0.717) is 12.5 Å². The SMILES string of the molecule is COc1cc(C)c(C(C)C)cc1C(N)CN. The van der Waals surface area contributed by atoms with Crippen LogP contribution in [-0.4, -0.2) is 13.7 Å². The van der Waals surface area contributed by atoms with Crippen LogP contribution in [0.15, 0.2) is 12.1 Å². The highest BCUT2D eigenvalue weighted by molar-refractivity contribution is 5.45. The fraction of sp³-hybridized carbons (Fsp3) is 0.538. The maximum Gasteiger partial charge on any atom is 0.123 e. The van der Waals surface area contributed by atoms with Gasteiger partial charge >= 0.3 is 0 Å². The molecular formula is C13H22N2O. The fourth-order valence-electron chi connectivity index (χ4n) is 1.93. The Morgan fingerprint density at radius 1 is 1.25 bits per heavy atom. The van der Waals surface area contributed by atoms with E-state index in [9.17, 15) is 0 Å². The Hall–Kier alpha value is -1.06. The van der Waals surface area contributed by atoms with Crippen LogP contribution >= 0.6 is 0 Å². The Labute approximate surface area is 97.8 Å². The molecule has 90 valence electrons. The third-order valence-electron chi connectivity index (χ3n) is 2.89. The summed E-state index contributed by atoms with van der Waals surface area (Å²) in [7, 11) is 1.66. The van der Waals surface area contributed by atoms with Crippen molar-refractivity contribution in [3.63, 3.8) is 0 Å². The van der Waals surface area contributed by atoms with Crippen LogP contribution in [0.4, 0.5) is 0 Å². The molecule has 1 aromatic rings. The van der Waals surface area contributed by atoms with Crippen molar-refractivity contribution >= 4 is 0 Å². The highest BCUT2D eigenvalue weighted by atomic mass is 16.5. The van der Waals surface area contributed by atoms with Crippen molar-refractivity contribution in [3.8, 4) is 5.75 Å². The lowest BCUT2D eigenvalue weighted by atomic mass is 9.93. The first-order valence-electron chi connectivity index (χ1n) is 5.65. The van der Waals surface area contributed by atoms with Crippen LogP contribution in [0.5, 0.6) is 5.75 Å².